The van der Waals surface area contributed by atoms with Crippen LogP contribution in [0.1, 0.15) is 44.5 Å². The Morgan fingerprint density at radius 3 is 2.80 bits per heavy atom. The third-order valence-corrected chi connectivity index (χ3v) is 3.02. The smallest absolute Gasteiger partial charge is 0.133 e. The maximum atomic E-state index is 11.0. The van der Waals surface area contributed by atoms with Gasteiger partial charge in [0.25, 0.3) is 0 Å². The lowest BCUT2D eigenvalue weighted by Gasteiger charge is -2.33. The van der Waals surface area contributed by atoms with Crippen LogP contribution in [0, 0.1) is 5.92 Å². The van der Waals surface area contributed by atoms with Crippen molar-refractivity contribution in [2.24, 2.45) is 5.92 Å². The van der Waals surface area contributed by atoms with E-state index in [0.29, 0.717) is 5.69 Å². The van der Waals surface area contributed by atoms with Gasteiger partial charge in [0, 0.05) is 5.92 Å². The van der Waals surface area contributed by atoms with Crippen LogP contribution in [0.3, 0.4) is 0 Å². The Labute approximate surface area is 88.1 Å². The Balaban J connectivity index is 1.98. The van der Waals surface area contributed by atoms with E-state index in [0.717, 1.165) is 12.8 Å². The highest BCUT2D eigenvalue weighted by molar-refractivity contribution is 5.79. The highest BCUT2D eigenvalue weighted by Crippen LogP contribution is 2.37. The van der Waals surface area contributed by atoms with E-state index in [1.165, 1.54) is 0 Å². The quantitative estimate of drug-likeness (QED) is 0.802. The van der Waals surface area contributed by atoms with Crippen LogP contribution in [0.2, 0.25) is 0 Å². The van der Waals surface area contributed by atoms with Crippen molar-refractivity contribution in [2.75, 3.05) is 0 Å². The summed E-state index contributed by atoms with van der Waals surface area (Å²) in [4.78, 5) is 11.0. The van der Waals surface area contributed by atoms with Crippen molar-refractivity contribution in [3.63, 3.8) is 0 Å². The molecule has 1 fully saturated rings. The molecule has 0 radical (unpaired) electrons. The summed E-state index contributed by atoms with van der Waals surface area (Å²) < 4.78 is 1.75. The fraction of sp³-hybridized carbons (Fsp3) is 0.700. The minimum atomic E-state index is -0.581. The highest BCUT2D eigenvalue weighted by Gasteiger charge is 2.34. The van der Waals surface area contributed by atoms with Crippen LogP contribution in [0.15, 0.2) is 6.20 Å². The van der Waals surface area contributed by atoms with Crippen LogP contribution in [-0.2, 0) is 4.79 Å². The molecule has 1 unspecified atom stereocenters. The van der Waals surface area contributed by atoms with Gasteiger partial charge >= 0.3 is 0 Å². The van der Waals surface area contributed by atoms with Gasteiger partial charge in [-0.1, -0.05) is 5.21 Å². The first-order chi connectivity index (χ1) is 7.08. The van der Waals surface area contributed by atoms with Crippen LogP contribution in [-0.4, -0.2) is 25.9 Å². The fourth-order valence-electron chi connectivity index (χ4n) is 1.80. The molecule has 1 aromatic heterocycles. The van der Waals surface area contributed by atoms with Crippen molar-refractivity contribution in [3.05, 3.63) is 11.9 Å². The van der Waals surface area contributed by atoms with Gasteiger partial charge < -0.3 is 5.11 Å². The molecule has 5 nitrogen and oxygen atoms in total. The summed E-state index contributed by atoms with van der Waals surface area (Å²) in [6.45, 7) is 3.29. The van der Waals surface area contributed by atoms with Crippen LogP contribution >= 0.6 is 0 Å². The average molecular weight is 209 g/mol. The van der Waals surface area contributed by atoms with E-state index in [1.54, 1.807) is 24.7 Å². The molecular weight excluding hydrogens is 194 g/mol. The lowest BCUT2D eigenvalue weighted by Crippen LogP contribution is -2.31. The first-order valence-corrected chi connectivity index (χ1v) is 5.18. The molecule has 1 atom stereocenters. The maximum Gasteiger partial charge on any atom is 0.133 e. The standard InChI is InChI=1S/C10H15N3O2/c1-6(14)8-3-9(4-8)13-5-10(7(2)15)11-12-13/h5,7-9,15H,3-4H2,1-2H3. The topological polar surface area (TPSA) is 68.0 Å². The van der Waals surface area contributed by atoms with Gasteiger partial charge in [-0.15, -0.1) is 5.10 Å². The summed E-state index contributed by atoms with van der Waals surface area (Å²) in [5.74, 6) is 0.441. The normalized spacial score (nSPS) is 27.1. The van der Waals surface area contributed by atoms with Gasteiger partial charge in [0.05, 0.1) is 18.3 Å². The van der Waals surface area contributed by atoms with Gasteiger partial charge in [0.1, 0.15) is 11.5 Å². The van der Waals surface area contributed by atoms with Crippen LogP contribution in [0.5, 0.6) is 0 Å². The number of hydrogen-bond donors (Lipinski definition) is 1. The summed E-state index contributed by atoms with van der Waals surface area (Å²) in [7, 11) is 0. The number of nitrogens with zero attached hydrogens (tertiary/aromatic N) is 3. The van der Waals surface area contributed by atoms with Crippen molar-refractivity contribution in [2.45, 2.75) is 38.8 Å². The number of carbonyl (C=O) groups is 1. The first-order valence-electron chi connectivity index (χ1n) is 5.18. The first kappa shape index (κ1) is 10.3. The monoisotopic (exact) mass is 209 g/mol. The molecule has 0 aliphatic heterocycles. The molecule has 1 heterocycles. The molecule has 15 heavy (non-hydrogen) atoms. The molecule has 1 aromatic rings. The minimum absolute atomic E-state index is 0.189. The van der Waals surface area contributed by atoms with E-state index in [9.17, 15) is 9.90 Å². The Hall–Kier alpha value is -1.23. The van der Waals surface area contributed by atoms with Crippen molar-refractivity contribution in [3.8, 4) is 0 Å². The minimum Gasteiger partial charge on any atom is -0.387 e. The third-order valence-electron chi connectivity index (χ3n) is 3.02. The fourth-order valence-corrected chi connectivity index (χ4v) is 1.80. The molecule has 1 aliphatic rings. The predicted molar refractivity (Wildman–Crippen MR) is 53.1 cm³/mol. The third kappa shape index (κ3) is 1.92. The number of rotatable bonds is 3. The zero-order valence-electron chi connectivity index (χ0n) is 8.92. The molecule has 2 rings (SSSR count). The van der Waals surface area contributed by atoms with E-state index < -0.39 is 6.10 Å². The van der Waals surface area contributed by atoms with Crippen molar-refractivity contribution in [1.82, 2.24) is 15.0 Å². The van der Waals surface area contributed by atoms with Crippen molar-refractivity contribution < 1.29 is 9.90 Å². The molecule has 0 bridgehead atoms. The van der Waals surface area contributed by atoms with Crippen LogP contribution < -0.4 is 0 Å². The molecular formula is C10H15N3O2. The Kier molecular flexibility index (Phi) is 2.56. The maximum absolute atomic E-state index is 11.0. The highest BCUT2D eigenvalue weighted by atomic mass is 16.3. The Bertz CT molecular complexity index is 366. The second kappa shape index (κ2) is 3.73. The van der Waals surface area contributed by atoms with Gasteiger partial charge in [-0.3, -0.25) is 4.79 Å². The summed E-state index contributed by atoms with van der Waals surface area (Å²) in [5.41, 5.74) is 0.585. The number of hydrogen-bond acceptors (Lipinski definition) is 4. The van der Waals surface area contributed by atoms with Gasteiger partial charge in [-0.25, -0.2) is 4.68 Å². The van der Waals surface area contributed by atoms with E-state index in [2.05, 4.69) is 10.3 Å². The molecule has 0 saturated heterocycles. The predicted octanol–water partition coefficient (Wildman–Crippen LogP) is 0.871. The molecule has 5 heteroatoms. The average Bonchev–Trinajstić information content (AvgIpc) is 2.49. The van der Waals surface area contributed by atoms with E-state index in [-0.39, 0.29) is 17.7 Å². The van der Waals surface area contributed by atoms with Crippen molar-refractivity contribution in [1.29, 1.82) is 0 Å². The zero-order chi connectivity index (χ0) is 11.0. The lowest BCUT2D eigenvalue weighted by atomic mass is 9.78. The van der Waals surface area contributed by atoms with Gasteiger partial charge in [-0.05, 0) is 26.7 Å². The number of aliphatic hydroxyl groups is 1. The summed E-state index contributed by atoms with van der Waals surface area (Å²) in [6, 6.07) is 0.277. The molecule has 1 saturated carbocycles. The van der Waals surface area contributed by atoms with E-state index in [4.69, 9.17) is 0 Å². The second-order valence-corrected chi connectivity index (χ2v) is 4.23. The number of ketones is 1. The largest absolute Gasteiger partial charge is 0.387 e. The van der Waals surface area contributed by atoms with Crippen molar-refractivity contribution >= 4 is 5.78 Å². The molecule has 1 aliphatic carbocycles. The summed E-state index contributed by atoms with van der Waals surface area (Å²) in [5, 5.41) is 17.1. The van der Waals surface area contributed by atoms with Crippen LogP contribution in [0.4, 0.5) is 0 Å². The molecule has 0 spiro atoms. The Morgan fingerprint density at radius 1 is 1.67 bits per heavy atom. The zero-order valence-corrected chi connectivity index (χ0v) is 8.92. The number of Topliss-reactive ketones (excluding diaryl/α,β-unsaturated/α-hetero) is 1. The molecule has 0 aromatic carbocycles. The van der Waals surface area contributed by atoms with Crippen LogP contribution in [0.25, 0.3) is 0 Å². The summed E-state index contributed by atoms with van der Waals surface area (Å²) in [6.07, 6.45) is 2.86. The number of aliphatic hydroxyl groups excluding tert-OH is 1. The summed E-state index contributed by atoms with van der Waals surface area (Å²) >= 11 is 0. The Morgan fingerprint density at radius 2 is 2.33 bits per heavy atom. The molecule has 1 N–H and O–H groups in total. The van der Waals surface area contributed by atoms with Gasteiger partial charge in [0.15, 0.2) is 0 Å². The number of carbonyl (C=O) groups excluding carboxylic acids is 1. The second-order valence-electron chi connectivity index (χ2n) is 4.23. The van der Waals surface area contributed by atoms with Gasteiger partial charge in [-0.2, -0.15) is 0 Å². The molecule has 0 amide bonds. The SMILES string of the molecule is CC(=O)C1CC(n2cc(C(C)O)nn2)C1. The van der Waals surface area contributed by atoms with E-state index in [1.807, 2.05) is 0 Å². The molecule has 82 valence electrons. The van der Waals surface area contributed by atoms with E-state index >= 15 is 0 Å². The lowest BCUT2D eigenvalue weighted by molar-refractivity contribution is -0.124. The van der Waals surface area contributed by atoms with Gasteiger partial charge in [0.2, 0.25) is 0 Å². The number of aromatic nitrogens is 3.